The number of hydrogen-bond acceptors (Lipinski definition) is 4. The second-order valence-electron chi connectivity index (χ2n) is 7.88. The Balaban J connectivity index is 1.60. The Bertz CT molecular complexity index is 565. The van der Waals surface area contributed by atoms with E-state index in [2.05, 4.69) is 23.7 Å². The molecule has 5 nitrogen and oxygen atoms in total. The molecule has 5 heteroatoms. The normalized spacial score (nSPS) is 21.4. The summed E-state index contributed by atoms with van der Waals surface area (Å²) in [7, 11) is 0. The molecule has 0 saturated carbocycles. The number of aromatic nitrogens is 1. The highest BCUT2D eigenvalue weighted by atomic mass is 16.3. The van der Waals surface area contributed by atoms with Crippen LogP contribution >= 0.6 is 0 Å². The van der Waals surface area contributed by atoms with E-state index < -0.39 is 0 Å². The smallest absolute Gasteiger partial charge is 0.255 e. The Hall–Kier alpha value is -1.62. The molecule has 1 amide bonds. The van der Waals surface area contributed by atoms with Crippen molar-refractivity contribution < 1.29 is 9.90 Å². The molecule has 3 rings (SSSR count). The average Bonchev–Trinajstić information content (AvgIpc) is 2.68. The van der Waals surface area contributed by atoms with Gasteiger partial charge in [0.05, 0.1) is 5.56 Å². The Morgan fingerprint density at radius 2 is 1.92 bits per heavy atom. The van der Waals surface area contributed by atoms with Gasteiger partial charge < -0.3 is 14.9 Å². The molecule has 0 radical (unpaired) electrons. The van der Waals surface area contributed by atoms with Crippen molar-refractivity contribution in [3.63, 3.8) is 0 Å². The lowest BCUT2D eigenvalue weighted by molar-refractivity contribution is 0.0338. The summed E-state index contributed by atoms with van der Waals surface area (Å²) in [6, 6.07) is 3.90. The maximum Gasteiger partial charge on any atom is 0.255 e. The topological polar surface area (TPSA) is 56.7 Å². The molecule has 0 aromatic carbocycles. The van der Waals surface area contributed by atoms with Gasteiger partial charge in [0.2, 0.25) is 0 Å². The van der Waals surface area contributed by atoms with Gasteiger partial charge in [0.15, 0.2) is 0 Å². The maximum atomic E-state index is 12.7. The zero-order valence-electron chi connectivity index (χ0n) is 15.6. The number of amides is 1. The summed E-state index contributed by atoms with van der Waals surface area (Å²) in [5.74, 6) is 1.84. The Labute approximate surface area is 151 Å². The van der Waals surface area contributed by atoms with Crippen LogP contribution in [0.2, 0.25) is 0 Å². The van der Waals surface area contributed by atoms with Crippen LogP contribution in [0.4, 0.5) is 5.82 Å². The molecular formula is C20H31N3O2. The molecular weight excluding hydrogens is 314 g/mol. The molecule has 3 heterocycles. The number of hydrogen-bond donors (Lipinski definition) is 1. The van der Waals surface area contributed by atoms with E-state index in [1.165, 1.54) is 12.8 Å². The third kappa shape index (κ3) is 3.97. The lowest BCUT2D eigenvalue weighted by Crippen LogP contribution is -2.44. The first-order valence-electron chi connectivity index (χ1n) is 9.68. The molecule has 0 bridgehead atoms. The zero-order valence-corrected chi connectivity index (χ0v) is 15.6. The summed E-state index contributed by atoms with van der Waals surface area (Å²) >= 11 is 0. The predicted octanol–water partition coefficient (Wildman–Crippen LogP) is 2.94. The minimum atomic E-state index is 0.00425. The van der Waals surface area contributed by atoms with Crippen molar-refractivity contribution in [2.75, 3.05) is 37.7 Å². The quantitative estimate of drug-likeness (QED) is 0.911. The van der Waals surface area contributed by atoms with Crippen molar-refractivity contribution in [3.05, 3.63) is 23.9 Å². The molecule has 25 heavy (non-hydrogen) atoms. The third-order valence-corrected chi connectivity index (χ3v) is 6.30. The molecule has 0 unspecified atom stereocenters. The van der Waals surface area contributed by atoms with E-state index in [9.17, 15) is 9.90 Å². The number of aliphatic hydroxyl groups excluding tert-OH is 1. The van der Waals surface area contributed by atoms with Crippen LogP contribution in [0, 0.1) is 11.3 Å². The van der Waals surface area contributed by atoms with Gasteiger partial charge in [-0.15, -0.1) is 0 Å². The van der Waals surface area contributed by atoms with Gasteiger partial charge in [0, 0.05) is 39.0 Å². The van der Waals surface area contributed by atoms with Crippen LogP contribution in [0.1, 0.15) is 56.3 Å². The number of anilines is 1. The van der Waals surface area contributed by atoms with Crippen molar-refractivity contribution >= 4 is 11.7 Å². The largest absolute Gasteiger partial charge is 0.396 e. The van der Waals surface area contributed by atoms with E-state index in [0.717, 1.165) is 57.2 Å². The van der Waals surface area contributed by atoms with Gasteiger partial charge in [-0.25, -0.2) is 4.98 Å². The molecule has 2 aliphatic rings. The van der Waals surface area contributed by atoms with Gasteiger partial charge in [-0.05, 0) is 55.6 Å². The minimum Gasteiger partial charge on any atom is -0.396 e. The van der Waals surface area contributed by atoms with E-state index in [-0.39, 0.29) is 17.9 Å². The van der Waals surface area contributed by atoms with Crippen molar-refractivity contribution in [3.8, 4) is 0 Å². The fraction of sp³-hybridized carbons (Fsp3) is 0.700. The number of likely N-dealkylation sites (tertiary alicyclic amines) is 1. The van der Waals surface area contributed by atoms with Crippen LogP contribution < -0.4 is 4.90 Å². The molecule has 0 spiro atoms. The molecule has 1 aromatic heterocycles. The van der Waals surface area contributed by atoms with Crippen LogP contribution in [-0.4, -0.2) is 53.7 Å². The number of carbonyl (C=O) groups excluding carboxylic acids is 1. The summed E-state index contributed by atoms with van der Waals surface area (Å²) in [4.78, 5) is 21.5. The first-order chi connectivity index (χ1) is 12.1. The second kappa shape index (κ2) is 7.73. The molecule has 0 aliphatic carbocycles. The molecule has 2 saturated heterocycles. The number of aliphatic hydroxyl groups is 1. The highest BCUT2D eigenvalue weighted by Gasteiger charge is 2.34. The Morgan fingerprint density at radius 1 is 1.24 bits per heavy atom. The van der Waals surface area contributed by atoms with Gasteiger partial charge in [0.25, 0.3) is 5.91 Å². The first-order valence-corrected chi connectivity index (χ1v) is 9.68. The Morgan fingerprint density at radius 3 is 2.44 bits per heavy atom. The summed E-state index contributed by atoms with van der Waals surface area (Å²) < 4.78 is 0. The lowest BCUT2D eigenvalue weighted by atomic mass is 9.77. The van der Waals surface area contributed by atoms with E-state index >= 15 is 0 Å². The van der Waals surface area contributed by atoms with Crippen molar-refractivity contribution in [2.24, 2.45) is 11.3 Å². The molecule has 0 atom stereocenters. The molecule has 2 aliphatic heterocycles. The van der Waals surface area contributed by atoms with E-state index in [1.807, 2.05) is 17.0 Å². The van der Waals surface area contributed by atoms with Crippen LogP contribution in [0.5, 0.6) is 0 Å². The van der Waals surface area contributed by atoms with Gasteiger partial charge in [-0.2, -0.15) is 0 Å². The highest BCUT2D eigenvalue weighted by molar-refractivity contribution is 5.94. The summed E-state index contributed by atoms with van der Waals surface area (Å²) in [6.07, 6.45) is 6.87. The van der Waals surface area contributed by atoms with Crippen LogP contribution in [0.15, 0.2) is 18.3 Å². The van der Waals surface area contributed by atoms with Crippen LogP contribution in [0.3, 0.4) is 0 Å². The molecule has 138 valence electrons. The number of nitrogens with zero attached hydrogens (tertiary/aromatic N) is 3. The fourth-order valence-electron chi connectivity index (χ4n) is 3.93. The molecule has 1 aromatic rings. The third-order valence-electron chi connectivity index (χ3n) is 6.30. The number of pyridine rings is 1. The number of carbonyl (C=O) groups is 1. The molecule has 1 N–H and O–H groups in total. The monoisotopic (exact) mass is 345 g/mol. The standard InChI is InChI=1S/C20H31N3O2/c1-3-20(15-24)8-12-23(13-9-20)19(25)17-4-5-18(21-14-17)22-10-6-16(2)7-11-22/h4-5,14,16,24H,3,6-13,15H2,1-2H3. The van der Waals surface area contributed by atoms with Gasteiger partial charge >= 0.3 is 0 Å². The highest BCUT2D eigenvalue weighted by Crippen LogP contribution is 2.34. The van der Waals surface area contributed by atoms with Gasteiger partial charge in [0.1, 0.15) is 5.82 Å². The summed E-state index contributed by atoms with van der Waals surface area (Å²) in [5.41, 5.74) is 0.673. The lowest BCUT2D eigenvalue weighted by Gasteiger charge is -2.40. The van der Waals surface area contributed by atoms with Crippen LogP contribution in [0.25, 0.3) is 0 Å². The van der Waals surface area contributed by atoms with Gasteiger partial charge in [-0.1, -0.05) is 13.8 Å². The maximum absolute atomic E-state index is 12.7. The average molecular weight is 345 g/mol. The number of piperidine rings is 2. The summed E-state index contributed by atoms with van der Waals surface area (Å²) in [5, 5.41) is 9.64. The van der Waals surface area contributed by atoms with Crippen molar-refractivity contribution in [1.29, 1.82) is 0 Å². The summed E-state index contributed by atoms with van der Waals surface area (Å²) in [6.45, 7) is 8.18. The SMILES string of the molecule is CCC1(CO)CCN(C(=O)c2ccc(N3CCC(C)CC3)nc2)CC1. The fourth-order valence-corrected chi connectivity index (χ4v) is 3.93. The van der Waals surface area contributed by atoms with E-state index in [4.69, 9.17) is 0 Å². The van der Waals surface area contributed by atoms with E-state index in [0.29, 0.717) is 5.56 Å². The van der Waals surface area contributed by atoms with Crippen molar-refractivity contribution in [2.45, 2.75) is 46.0 Å². The Kier molecular flexibility index (Phi) is 5.62. The van der Waals surface area contributed by atoms with Gasteiger partial charge in [-0.3, -0.25) is 4.79 Å². The zero-order chi connectivity index (χ0) is 17.9. The predicted molar refractivity (Wildman–Crippen MR) is 99.8 cm³/mol. The number of rotatable bonds is 4. The van der Waals surface area contributed by atoms with Crippen molar-refractivity contribution in [1.82, 2.24) is 9.88 Å². The van der Waals surface area contributed by atoms with E-state index in [1.54, 1.807) is 6.20 Å². The molecule has 2 fully saturated rings. The van der Waals surface area contributed by atoms with Crippen LogP contribution in [-0.2, 0) is 0 Å². The minimum absolute atomic E-state index is 0.00425. The first kappa shape index (κ1) is 18.2. The second-order valence-corrected chi connectivity index (χ2v) is 7.88.